The first-order valence-electron chi connectivity index (χ1n) is 5.67. The Morgan fingerprint density at radius 2 is 2.00 bits per heavy atom. The first kappa shape index (κ1) is 15.3. The summed E-state index contributed by atoms with van der Waals surface area (Å²) in [5.74, 6) is -0.999. The fourth-order valence-electron chi connectivity index (χ4n) is 1.97. The molecule has 1 heterocycles. The number of rotatable bonds is 3. The second kappa shape index (κ2) is 6.99. The first-order chi connectivity index (χ1) is 8.20. The van der Waals surface area contributed by atoms with Crippen LogP contribution in [-0.2, 0) is 11.3 Å². The van der Waals surface area contributed by atoms with Crippen molar-refractivity contribution in [3.63, 3.8) is 0 Å². The van der Waals surface area contributed by atoms with E-state index < -0.39 is 11.6 Å². The van der Waals surface area contributed by atoms with Crippen LogP contribution in [0.4, 0.5) is 8.78 Å². The summed E-state index contributed by atoms with van der Waals surface area (Å²) in [6.07, 6.45) is -0.0430. The van der Waals surface area contributed by atoms with Crippen molar-refractivity contribution in [1.82, 2.24) is 4.90 Å². The van der Waals surface area contributed by atoms with Crippen molar-refractivity contribution < 1.29 is 13.5 Å². The Morgan fingerprint density at radius 1 is 1.33 bits per heavy atom. The molecule has 1 aromatic rings. The highest BCUT2D eigenvalue weighted by Gasteiger charge is 2.21. The largest absolute Gasteiger partial charge is 0.374 e. The van der Waals surface area contributed by atoms with E-state index >= 15 is 0 Å². The second-order valence-electron chi connectivity index (χ2n) is 4.16. The third-order valence-electron chi connectivity index (χ3n) is 2.93. The summed E-state index contributed by atoms with van der Waals surface area (Å²) in [4.78, 5) is 1.96. The normalized spacial score (nSPS) is 20.5. The summed E-state index contributed by atoms with van der Waals surface area (Å²) in [7, 11) is 0. The van der Waals surface area contributed by atoms with Gasteiger partial charge in [0.2, 0.25) is 0 Å². The molecule has 0 aromatic heterocycles. The van der Waals surface area contributed by atoms with Gasteiger partial charge in [-0.1, -0.05) is 6.07 Å². The van der Waals surface area contributed by atoms with Crippen LogP contribution in [0, 0.1) is 11.6 Å². The number of morpholine rings is 1. The van der Waals surface area contributed by atoms with Crippen LogP contribution in [0.25, 0.3) is 0 Å². The van der Waals surface area contributed by atoms with Crippen molar-refractivity contribution in [2.24, 2.45) is 5.73 Å². The minimum Gasteiger partial charge on any atom is -0.374 e. The Kier molecular flexibility index (Phi) is 5.95. The third kappa shape index (κ3) is 3.62. The summed E-state index contributed by atoms with van der Waals surface area (Å²) in [6, 6.07) is 3.93. The highest BCUT2D eigenvalue weighted by molar-refractivity contribution is 5.85. The maximum Gasteiger partial charge on any atom is 0.130 e. The molecule has 1 saturated heterocycles. The van der Waals surface area contributed by atoms with Gasteiger partial charge in [-0.3, -0.25) is 4.90 Å². The highest BCUT2D eigenvalue weighted by Crippen LogP contribution is 2.16. The molecule has 0 saturated carbocycles. The maximum absolute atomic E-state index is 13.5. The van der Waals surface area contributed by atoms with Crippen molar-refractivity contribution >= 4 is 12.4 Å². The van der Waals surface area contributed by atoms with Crippen LogP contribution in [0.5, 0.6) is 0 Å². The molecule has 18 heavy (non-hydrogen) atoms. The highest BCUT2D eigenvalue weighted by atomic mass is 35.5. The molecule has 0 radical (unpaired) electrons. The van der Waals surface area contributed by atoms with E-state index in [0.29, 0.717) is 26.2 Å². The number of nitrogens with two attached hydrogens (primary N) is 1. The van der Waals surface area contributed by atoms with Gasteiger partial charge in [0.25, 0.3) is 0 Å². The third-order valence-corrected chi connectivity index (χ3v) is 2.93. The Balaban J connectivity index is 0.00000162. The lowest BCUT2D eigenvalue weighted by molar-refractivity contribution is -0.0266. The zero-order valence-electron chi connectivity index (χ0n) is 9.94. The zero-order chi connectivity index (χ0) is 12.3. The monoisotopic (exact) mass is 278 g/mol. The van der Waals surface area contributed by atoms with Gasteiger partial charge in [0.1, 0.15) is 11.6 Å². The Hall–Kier alpha value is -0.750. The minimum atomic E-state index is -0.499. The van der Waals surface area contributed by atoms with Gasteiger partial charge in [-0.05, 0) is 12.1 Å². The van der Waals surface area contributed by atoms with E-state index in [1.165, 1.54) is 18.2 Å². The van der Waals surface area contributed by atoms with Crippen LogP contribution >= 0.6 is 12.4 Å². The van der Waals surface area contributed by atoms with Gasteiger partial charge in [0, 0.05) is 31.7 Å². The smallest absolute Gasteiger partial charge is 0.130 e. The van der Waals surface area contributed by atoms with Crippen LogP contribution in [0.1, 0.15) is 5.56 Å². The molecule has 1 atom stereocenters. The Labute approximate surface area is 111 Å². The Morgan fingerprint density at radius 3 is 2.61 bits per heavy atom. The van der Waals surface area contributed by atoms with Gasteiger partial charge in [0.15, 0.2) is 0 Å². The van der Waals surface area contributed by atoms with Crippen molar-refractivity contribution in [3.05, 3.63) is 35.4 Å². The SMILES string of the molecule is Cl.NCC1CN(Cc2c(F)cccc2F)CCO1. The zero-order valence-corrected chi connectivity index (χ0v) is 10.8. The van der Waals surface area contributed by atoms with E-state index in [-0.39, 0.29) is 30.6 Å². The molecule has 102 valence electrons. The number of hydrogen-bond acceptors (Lipinski definition) is 3. The lowest BCUT2D eigenvalue weighted by atomic mass is 10.1. The van der Waals surface area contributed by atoms with Gasteiger partial charge < -0.3 is 10.5 Å². The van der Waals surface area contributed by atoms with Gasteiger partial charge >= 0.3 is 0 Å². The number of halogens is 3. The van der Waals surface area contributed by atoms with Crippen molar-refractivity contribution in [3.8, 4) is 0 Å². The van der Waals surface area contributed by atoms with Crippen LogP contribution in [-0.4, -0.2) is 37.2 Å². The summed E-state index contributed by atoms with van der Waals surface area (Å²) in [5, 5.41) is 0. The molecule has 3 nitrogen and oxygen atoms in total. The van der Waals surface area contributed by atoms with E-state index in [1.54, 1.807) is 0 Å². The van der Waals surface area contributed by atoms with Crippen molar-refractivity contribution in [2.45, 2.75) is 12.6 Å². The van der Waals surface area contributed by atoms with Crippen molar-refractivity contribution in [1.29, 1.82) is 0 Å². The average molecular weight is 279 g/mol. The van der Waals surface area contributed by atoms with Crippen LogP contribution in [0.3, 0.4) is 0 Å². The van der Waals surface area contributed by atoms with Crippen LogP contribution < -0.4 is 5.73 Å². The summed E-state index contributed by atoms with van der Waals surface area (Å²) in [6.45, 7) is 2.53. The molecule has 2 N–H and O–H groups in total. The van der Waals surface area contributed by atoms with E-state index in [0.717, 1.165) is 0 Å². The molecular formula is C12H17ClF2N2O. The van der Waals surface area contributed by atoms with Gasteiger partial charge in [-0.25, -0.2) is 8.78 Å². The molecule has 1 fully saturated rings. The molecule has 1 aliphatic heterocycles. The first-order valence-corrected chi connectivity index (χ1v) is 5.67. The standard InChI is InChI=1S/C12H16F2N2O.ClH/c13-11-2-1-3-12(14)10(11)8-16-4-5-17-9(6-15)7-16;/h1-3,9H,4-8,15H2;1H. The summed E-state index contributed by atoms with van der Waals surface area (Å²) in [5.41, 5.74) is 5.63. The lowest BCUT2D eigenvalue weighted by Gasteiger charge is -2.32. The molecule has 2 rings (SSSR count). The Bertz CT molecular complexity index is 372. The summed E-state index contributed by atoms with van der Waals surface area (Å²) < 4.78 is 32.3. The van der Waals surface area contributed by atoms with E-state index in [1.807, 2.05) is 4.90 Å². The van der Waals surface area contributed by atoms with Crippen molar-refractivity contribution in [2.75, 3.05) is 26.2 Å². The predicted molar refractivity (Wildman–Crippen MR) is 67.7 cm³/mol. The fraction of sp³-hybridized carbons (Fsp3) is 0.500. The van der Waals surface area contributed by atoms with E-state index in [4.69, 9.17) is 10.5 Å². The fourth-order valence-corrected chi connectivity index (χ4v) is 1.97. The number of nitrogens with zero attached hydrogens (tertiary/aromatic N) is 1. The second-order valence-corrected chi connectivity index (χ2v) is 4.16. The molecule has 0 aliphatic carbocycles. The van der Waals surface area contributed by atoms with E-state index in [2.05, 4.69) is 0 Å². The van der Waals surface area contributed by atoms with Gasteiger partial charge in [-0.15, -0.1) is 12.4 Å². The molecule has 0 bridgehead atoms. The predicted octanol–water partition coefficient (Wildman–Crippen LogP) is 1.55. The number of ether oxygens (including phenoxy) is 1. The maximum atomic E-state index is 13.5. The van der Waals surface area contributed by atoms with Gasteiger partial charge in [-0.2, -0.15) is 0 Å². The number of benzene rings is 1. The summed E-state index contributed by atoms with van der Waals surface area (Å²) >= 11 is 0. The molecule has 0 amide bonds. The molecule has 1 aromatic carbocycles. The quantitative estimate of drug-likeness (QED) is 0.912. The van der Waals surface area contributed by atoms with Crippen LogP contribution in [0.2, 0.25) is 0 Å². The van der Waals surface area contributed by atoms with Gasteiger partial charge in [0.05, 0.1) is 12.7 Å². The molecule has 1 unspecified atom stereocenters. The topological polar surface area (TPSA) is 38.5 Å². The van der Waals surface area contributed by atoms with E-state index in [9.17, 15) is 8.78 Å². The lowest BCUT2D eigenvalue weighted by Crippen LogP contribution is -2.45. The minimum absolute atomic E-state index is 0. The average Bonchev–Trinajstić information content (AvgIpc) is 2.34. The molecular weight excluding hydrogens is 262 g/mol. The molecule has 1 aliphatic rings. The number of hydrogen-bond donors (Lipinski definition) is 1. The molecule has 0 spiro atoms. The van der Waals surface area contributed by atoms with Crippen LogP contribution in [0.15, 0.2) is 18.2 Å². The molecule has 6 heteroatoms.